The van der Waals surface area contributed by atoms with Crippen molar-refractivity contribution in [1.82, 2.24) is 4.72 Å². The van der Waals surface area contributed by atoms with Gasteiger partial charge < -0.3 is 4.90 Å². The predicted molar refractivity (Wildman–Crippen MR) is 93.1 cm³/mol. The van der Waals surface area contributed by atoms with Crippen LogP contribution in [0.15, 0.2) is 47.4 Å². The van der Waals surface area contributed by atoms with Crippen molar-refractivity contribution >= 4 is 15.7 Å². The average molecular weight is 366 g/mol. The van der Waals surface area contributed by atoms with E-state index in [0.717, 1.165) is 11.6 Å². The van der Waals surface area contributed by atoms with Crippen molar-refractivity contribution in [2.24, 2.45) is 0 Å². The Kier molecular flexibility index (Phi) is 5.06. The fourth-order valence-electron chi connectivity index (χ4n) is 3.05. The zero-order valence-electron chi connectivity index (χ0n) is 13.9. The molecule has 1 aliphatic rings. The molecule has 1 N–H and O–H groups in total. The lowest BCUT2D eigenvalue weighted by molar-refractivity contribution is 0.454. The van der Waals surface area contributed by atoms with Gasteiger partial charge in [0.2, 0.25) is 10.0 Å². The second-order valence-corrected chi connectivity index (χ2v) is 7.95. The monoisotopic (exact) mass is 366 g/mol. The molecule has 1 aliphatic heterocycles. The van der Waals surface area contributed by atoms with Gasteiger partial charge in [0.05, 0.1) is 5.69 Å². The van der Waals surface area contributed by atoms with Crippen LogP contribution in [-0.4, -0.2) is 27.5 Å². The van der Waals surface area contributed by atoms with E-state index in [9.17, 15) is 17.2 Å². The molecule has 4 nitrogen and oxygen atoms in total. The maximum Gasteiger partial charge on any atom is 0.243 e. The first kappa shape index (κ1) is 17.8. The van der Waals surface area contributed by atoms with E-state index in [1.807, 2.05) is 11.8 Å². The van der Waals surface area contributed by atoms with Crippen molar-refractivity contribution in [1.29, 1.82) is 0 Å². The number of piperidine rings is 1. The van der Waals surface area contributed by atoms with E-state index < -0.39 is 15.8 Å². The lowest BCUT2D eigenvalue weighted by Gasteiger charge is -2.34. The lowest BCUT2D eigenvalue weighted by atomic mass is 10.0. The quantitative estimate of drug-likeness (QED) is 0.904. The second kappa shape index (κ2) is 7.09. The minimum absolute atomic E-state index is 0.281. The maximum absolute atomic E-state index is 14.0. The number of anilines is 1. The molecule has 0 atom stereocenters. The third kappa shape index (κ3) is 3.99. The molecule has 1 saturated heterocycles. The van der Waals surface area contributed by atoms with Crippen molar-refractivity contribution in [3.8, 4) is 0 Å². The summed E-state index contributed by atoms with van der Waals surface area (Å²) in [7, 11) is -3.91. The molecule has 1 fully saturated rings. The summed E-state index contributed by atoms with van der Waals surface area (Å²) in [5, 5.41) is 0. The molecule has 0 amide bonds. The molecular weight excluding hydrogens is 346 g/mol. The van der Waals surface area contributed by atoms with Gasteiger partial charge in [-0.2, -0.15) is 0 Å². The van der Waals surface area contributed by atoms with Crippen LogP contribution in [0.1, 0.15) is 18.4 Å². The van der Waals surface area contributed by atoms with Crippen molar-refractivity contribution in [3.63, 3.8) is 0 Å². The predicted octanol–water partition coefficient (Wildman–Crippen LogP) is 3.22. The lowest BCUT2D eigenvalue weighted by Crippen LogP contribution is -2.45. The smallest absolute Gasteiger partial charge is 0.243 e. The molecule has 0 bridgehead atoms. The highest BCUT2D eigenvalue weighted by Crippen LogP contribution is 2.25. The van der Waals surface area contributed by atoms with Crippen molar-refractivity contribution < 1.29 is 17.2 Å². The number of hydrogen-bond donors (Lipinski definition) is 1. The van der Waals surface area contributed by atoms with E-state index >= 15 is 0 Å². The number of sulfonamides is 1. The first-order valence-electron chi connectivity index (χ1n) is 8.15. The van der Waals surface area contributed by atoms with Gasteiger partial charge in [0.1, 0.15) is 16.5 Å². The Balaban J connectivity index is 1.67. The molecule has 134 valence electrons. The van der Waals surface area contributed by atoms with Gasteiger partial charge in [-0.1, -0.05) is 18.2 Å². The van der Waals surface area contributed by atoms with E-state index in [0.29, 0.717) is 31.6 Å². The van der Waals surface area contributed by atoms with Crippen LogP contribution in [-0.2, 0) is 10.0 Å². The van der Waals surface area contributed by atoms with Gasteiger partial charge in [-0.3, -0.25) is 0 Å². The van der Waals surface area contributed by atoms with Gasteiger partial charge in [0.15, 0.2) is 0 Å². The van der Waals surface area contributed by atoms with Crippen LogP contribution in [0.4, 0.5) is 14.5 Å². The summed E-state index contributed by atoms with van der Waals surface area (Å²) in [5.41, 5.74) is 1.51. The molecule has 25 heavy (non-hydrogen) atoms. The summed E-state index contributed by atoms with van der Waals surface area (Å²) in [4.78, 5) is 1.57. The number of hydrogen-bond acceptors (Lipinski definition) is 3. The van der Waals surface area contributed by atoms with Gasteiger partial charge in [-0.15, -0.1) is 0 Å². The minimum atomic E-state index is -3.91. The summed E-state index contributed by atoms with van der Waals surface area (Å²) < 4.78 is 55.0. The Labute approximate surface area is 146 Å². The van der Waals surface area contributed by atoms with Gasteiger partial charge in [-0.25, -0.2) is 21.9 Å². The summed E-state index contributed by atoms with van der Waals surface area (Å²) in [6.07, 6.45) is 1.06. The van der Waals surface area contributed by atoms with Gasteiger partial charge in [0.25, 0.3) is 0 Å². The number of benzene rings is 2. The first-order valence-corrected chi connectivity index (χ1v) is 9.63. The molecule has 2 aromatic rings. The Morgan fingerprint density at radius 1 is 1.04 bits per heavy atom. The SMILES string of the molecule is Cc1ccc(F)c(N2CCC(NS(=O)(=O)c3ccccc3F)CC2)c1. The van der Waals surface area contributed by atoms with Crippen LogP contribution in [0.3, 0.4) is 0 Å². The summed E-state index contributed by atoms with van der Waals surface area (Å²) in [6, 6.07) is 9.95. The molecule has 2 aromatic carbocycles. The second-order valence-electron chi connectivity index (χ2n) is 6.27. The summed E-state index contributed by atoms with van der Waals surface area (Å²) in [6.45, 7) is 2.97. The number of nitrogens with zero attached hydrogens (tertiary/aromatic N) is 1. The van der Waals surface area contributed by atoms with E-state index in [1.54, 1.807) is 12.1 Å². The third-order valence-electron chi connectivity index (χ3n) is 4.39. The Morgan fingerprint density at radius 2 is 1.72 bits per heavy atom. The number of halogens is 2. The zero-order chi connectivity index (χ0) is 18.0. The fraction of sp³-hybridized carbons (Fsp3) is 0.333. The summed E-state index contributed by atoms with van der Waals surface area (Å²) >= 11 is 0. The Bertz CT molecular complexity index is 863. The molecule has 0 saturated carbocycles. The third-order valence-corrected chi connectivity index (χ3v) is 5.94. The molecule has 0 aromatic heterocycles. The van der Waals surface area contributed by atoms with Crippen LogP contribution in [0, 0.1) is 18.6 Å². The van der Waals surface area contributed by atoms with Crippen LogP contribution in [0.25, 0.3) is 0 Å². The molecule has 3 rings (SSSR count). The van der Waals surface area contributed by atoms with Gasteiger partial charge in [0, 0.05) is 19.1 Å². The first-order chi connectivity index (χ1) is 11.9. The van der Waals surface area contributed by atoms with E-state index in [4.69, 9.17) is 0 Å². The Hall–Kier alpha value is -1.99. The molecule has 7 heteroatoms. The molecule has 0 aliphatic carbocycles. The number of nitrogens with one attached hydrogen (secondary N) is 1. The van der Waals surface area contributed by atoms with Crippen LogP contribution < -0.4 is 9.62 Å². The van der Waals surface area contributed by atoms with Crippen molar-refractivity contribution in [2.75, 3.05) is 18.0 Å². The highest BCUT2D eigenvalue weighted by molar-refractivity contribution is 7.89. The standard InChI is InChI=1S/C18H20F2N2O2S/c1-13-6-7-15(19)17(12-13)22-10-8-14(9-11-22)21-25(23,24)18-5-3-2-4-16(18)20/h2-7,12,14,21H,8-11H2,1H3. The van der Waals surface area contributed by atoms with Crippen molar-refractivity contribution in [2.45, 2.75) is 30.7 Å². The topological polar surface area (TPSA) is 49.4 Å². The fourth-order valence-corrected chi connectivity index (χ4v) is 4.43. The van der Waals surface area contributed by atoms with Crippen LogP contribution in [0.2, 0.25) is 0 Å². The molecule has 0 unspecified atom stereocenters. The van der Waals surface area contributed by atoms with E-state index in [1.165, 1.54) is 24.3 Å². The Morgan fingerprint density at radius 3 is 2.40 bits per heavy atom. The minimum Gasteiger partial charge on any atom is -0.369 e. The molecular formula is C18H20F2N2O2S. The van der Waals surface area contributed by atoms with E-state index in [-0.39, 0.29) is 16.8 Å². The molecule has 1 heterocycles. The number of aryl methyl sites for hydroxylation is 1. The zero-order valence-corrected chi connectivity index (χ0v) is 14.7. The summed E-state index contributed by atoms with van der Waals surface area (Å²) in [5.74, 6) is -1.05. The van der Waals surface area contributed by atoms with Crippen LogP contribution >= 0.6 is 0 Å². The molecule has 0 spiro atoms. The van der Waals surface area contributed by atoms with Gasteiger partial charge >= 0.3 is 0 Å². The van der Waals surface area contributed by atoms with Gasteiger partial charge in [-0.05, 0) is 49.6 Å². The van der Waals surface area contributed by atoms with Crippen LogP contribution in [0.5, 0.6) is 0 Å². The average Bonchev–Trinajstić information content (AvgIpc) is 2.58. The maximum atomic E-state index is 14.0. The highest BCUT2D eigenvalue weighted by atomic mass is 32.2. The highest BCUT2D eigenvalue weighted by Gasteiger charge is 2.27. The largest absolute Gasteiger partial charge is 0.369 e. The normalized spacial score (nSPS) is 16.2. The van der Waals surface area contributed by atoms with E-state index in [2.05, 4.69) is 4.72 Å². The van der Waals surface area contributed by atoms with Crippen molar-refractivity contribution in [3.05, 3.63) is 59.7 Å². The number of rotatable bonds is 4. The molecule has 0 radical (unpaired) electrons.